The van der Waals surface area contributed by atoms with E-state index in [1.807, 2.05) is 32.0 Å². The molecule has 1 atom stereocenters. The average Bonchev–Trinajstić information content (AvgIpc) is 2.57. The number of amides is 2. The van der Waals surface area contributed by atoms with Gasteiger partial charge in [-0.05, 0) is 37.5 Å². The van der Waals surface area contributed by atoms with Gasteiger partial charge in [0.2, 0.25) is 11.8 Å². The van der Waals surface area contributed by atoms with Crippen LogP contribution in [0.5, 0.6) is 0 Å². The van der Waals surface area contributed by atoms with E-state index in [1.165, 1.54) is 0 Å². The molecule has 5 N–H and O–H groups in total. The Hall–Kier alpha value is -1.88. The van der Waals surface area contributed by atoms with Crippen LogP contribution in [0.1, 0.15) is 43.9 Å². The summed E-state index contributed by atoms with van der Waals surface area (Å²) in [6, 6.07) is 5.44. The zero-order valence-corrected chi connectivity index (χ0v) is 11.2. The second-order valence-electron chi connectivity index (χ2n) is 5.50. The number of primary amides is 1. The molecule has 0 spiro atoms. The van der Waals surface area contributed by atoms with Gasteiger partial charge in [-0.25, -0.2) is 0 Å². The minimum atomic E-state index is -0.547. The predicted octanol–water partition coefficient (Wildman–Crippen LogP) is 1.18. The van der Waals surface area contributed by atoms with Gasteiger partial charge in [0, 0.05) is 18.2 Å². The van der Waals surface area contributed by atoms with Crippen molar-refractivity contribution < 1.29 is 9.59 Å². The molecule has 0 aliphatic carbocycles. The molecule has 0 saturated carbocycles. The van der Waals surface area contributed by atoms with Gasteiger partial charge in [-0.2, -0.15) is 0 Å². The van der Waals surface area contributed by atoms with E-state index in [-0.39, 0.29) is 24.3 Å². The first-order valence-corrected chi connectivity index (χ1v) is 6.32. The first-order valence-electron chi connectivity index (χ1n) is 6.32. The van der Waals surface area contributed by atoms with Crippen molar-refractivity contribution in [2.45, 2.75) is 38.1 Å². The number of nitrogens with one attached hydrogen (secondary N) is 1. The summed E-state index contributed by atoms with van der Waals surface area (Å²) >= 11 is 0. The number of anilines is 1. The van der Waals surface area contributed by atoms with Gasteiger partial charge in [0.05, 0.1) is 5.41 Å². The van der Waals surface area contributed by atoms with E-state index in [1.54, 1.807) is 0 Å². The molecular formula is C14H19N3O2. The van der Waals surface area contributed by atoms with Crippen molar-refractivity contribution in [2.24, 2.45) is 11.5 Å². The van der Waals surface area contributed by atoms with E-state index >= 15 is 0 Å². The molecule has 0 fully saturated rings. The van der Waals surface area contributed by atoms with Crippen LogP contribution in [0.25, 0.3) is 0 Å². The topological polar surface area (TPSA) is 98.2 Å². The van der Waals surface area contributed by atoms with Crippen LogP contribution < -0.4 is 16.8 Å². The summed E-state index contributed by atoms with van der Waals surface area (Å²) in [7, 11) is 0. The van der Waals surface area contributed by atoms with Gasteiger partial charge in [-0.3, -0.25) is 9.59 Å². The highest BCUT2D eigenvalue weighted by atomic mass is 16.2. The number of carbonyl (C=O) groups excluding carboxylic acids is 2. The van der Waals surface area contributed by atoms with Crippen molar-refractivity contribution in [2.75, 3.05) is 5.32 Å². The summed E-state index contributed by atoms with van der Waals surface area (Å²) in [5, 5.41) is 2.85. The van der Waals surface area contributed by atoms with E-state index in [9.17, 15) is 9.59 Å². The van der Waals surface area contributed by atoms with Gasteiger partial charge >= 0.3 is 0 Å². The second kappa shape index (κ2) is 4.66. The van der Waals surface area contributed by atoms with E-state index in [0.29, 0.717) is 6.42 Å². The lowest BCUT2D eigenvalue weighted by molar-refractivity contribution is -0.120. The van der Waals surface area contributed by atoms with Crippen LogP contribution in [-0.2, 0) is 15.0 Å². The number of fused-ring (bicyclic) bond motifs is 1. The molecule has 102 valence electrons. The summed E-state index contributed by atoms with van der Waals surface area (Å²) in [6.07, 6.45) is 0.773. The maximum atomic E-state index is 11.8. The van der Waals surface area contributed by atoms with Gasteiger partial charge in [-0.1, -0.05) is 12.1 Å². The fourth-order valence-corrected chi connectivity index (χ4v) is 2.28. The monoisotopic (exact) mass is 261 g/mol. The molecule has 0 saturated heterocycles. The van der Waals surface area contributed by atoms with Crippen LogP contribution in [0, 0.1) is 0 Å². The number of rotatable bonds is 4. The maximum absolute atomic E-state index is 11.8. The molecule has 1 unspecified atom stereocenters. The molecule has 2 amide bonds. The molecule has 1 aromatic rings. The Bertz CT molecular complexity index is 537. The first kappa shape index (κ1) is 13.5. The first-order chi connectivity index (χ1) is 8.82. The van der Waals surface area contributed by atoms with Gasteiger partial charge in [0.25, 0.3) is 0 Å². The summed E-state index contributed by atoms with van der Waals surface area (Å²) in [4.78, 5) is 22.6. The Kier molecular flexibility index (Phi) is 3.32. The number of hydrogen-bond donors (Lipinski definition) is 3. The van der Waals surface area contributed by atoms with Crippen LogP contribution >= 0.6 is 0 Å². The number of carbonyl (C=O) groups is 2. The predicted molar refractivity (Wildman–Crippen MR) is 73.5 cm³/mol. The van der Waals surface area contributed by atoms with Crippen LogP contribution in [0.2, 0.25) is 0 Å². The Balaban J connectivity index is 2.25. The molecule has 2 rings (SSSR count). The van der Waals surface area contributed by atoms with Crippen molar-refractivity contribution in [1.82, 2.24) is 0 Å². The van der Waals surface area contributed by atoms with E-state index < -0.39 is 5.41 Å². The molecule has 19 heavy (non-hydrogen) atoms. The van der Waals surface area contributed by atoms with Crippen LogP contribution in [0.3, 0.4) is 0 Å². The third-order valence-corrected chi connectivity index (χ3v) is 3.66. The molecule has 0 radical (unpaired) electrons. The molecule has 0 aromatic heterocycles. The van der Waals surface area contributed by atoms with Gasteiger partial charge < -0.3 is 16.8 Å². The van der Waals surface area contributed by atoms with E-state index in [0.717, 1.165) is 16.8 Å². The summed E-state index contributed by atoms with van der Waals surface area (Å²) in [5.74, 6) is -0.362. The Labute approximate surface area is 112 Å². The zero-order chi connectivity index (χ0) is 14.2. The second-order valence-corrected chi connectivity index (χ2v) is 5.50. The lowest BCUT2D eigenvalue weighted by Gasteiger charge is -2.18. The summed E-state index contributed by atoms with van der Waals surface area (Å²) in [6.45, 7) is 3.76. The molecular weight excluding hydrogens is 242 g/mol. The zero-order valence-electron chi connectivity index (χ0n) is 11.2. The van der Waals surface area contributed by atoms with Crippen molar-refractivity contribution in [3.63, 3.8) is 0 Å². The normalized spacial score (nSPS) is 17.7. The van der Waals surface area contributed by atoms with E-state index in [2.05, 4.69) is 5.32 Å². The molecule has 1 heterocycles. The summed E-state index contributed by atoms with van der Waals surface area (Å²) < 4.78 is 0. The molecule has 1 aromatic carbocycles. The quantitative estimate of drug-likeness (QED) is 0.759. The van der Waals surface area contributed by atoms with E-state index in [4.69, 9.17) is 11.5 Å². The van der Waals surface area contributed by atoms with Gasteiger partial charge in [0.1, 0.15) is 0 Å². The maximum Gasteiger partial charge on any atom is 0.234 e. The minimum Gasteiger partial charge on any atom is -0.370 e. The molecule has 0 bridgehead atoms. The van der Waals surface area contributed by atoms with Crippen molar-refractivity contribution in [1.29, 1.82) is 0 Å². The standard InChI is InChI=1S/C14H19N3O2/c1-14(2)9-7-8(10(15)4-6-12(16)18)3-5-11(9)17-13(14)19/h3,5,7,10H,4,6,15H2,1-2H3,(H2,16,18)(H,17,19). The van der Waals surface area contributed by atoms with Crippen LogP contribution in [-0.4, -0.2) is 11.8 Å². The fraction of sp³-hybridized carbons (Fsp3) is 0.429. The Morgan fingerprint density at radius 1 is 1.42 bits per heavy atom. The molecule has 5 nitrogen and oxygen atoms in total. The SMILES string of the molecule is CC1(C)C(=O)Nc2ccc(C(N)CCC(N)=O)cc21. The van der Waals surface area contributed by atoms with Crippen molar-refractivity contribution in [3.05, 3.63) is 29.3 Å². The number of nitrogens with two attached hydrogens (primary N) is 2. The molecule has 1 aliphatic heterocycles. The smallest absolute Gasteiger partial charge is 0.234 e. The van der Waals surface area contributed by atoms with Gasteiger partial charge in [0.15, 0.2) is 0 Å². The fourth-order valence-electron chi connectivity index (χ4n) is 2.28. The largest absolute Gasteiger partial charge is 0.370 e. The van der Waals surface area contributed by atoms with Crippen molar-refractivity contribution >= 4 is 17.5 Å². The summed E-state index contributed by atoms with van der Waals surface area (Å²) in [5.41, 5.74) is 13.3. The minimum absolute atomic E-state index is 0.00893. The Morgan fingerprint density at radius 3 is 2.74 bits per heavy atom. The third kappa shape index (κ3) is 2.46. The lowest BCUT2D eigenvalue weighted by Crippen LogP contribution is -2.27. The molecule has 5 heteroatoms. The number of hydrogen-bond acceptors (Lipinski definition) is 3. The highest BCUT2D eigenvalue weighted by Crippen LogP contribution is 2.38. The Morgan fingerprint density at radius 2 is 2.11 bits per heavy atom. The van der Waals surface area contributed by atoms with Gasteiger partial charge in [-0.15, -0.1) is 0 Å². The van der Waals surface area contributed by atoms with Crippen LogP contribution in [0.15, 0.2) is 18.2 Å². The highest BCUT2D eigenvalue weighted by Gasteiger charge is 2.38. The third-order valence-electron chi connectivity index (χ3n) is 3.66. The lowest BCUT2D eigenvalue weighted by atomic mass is 9.84. The number of benzene rings is 1. The average molecular weight is 261 g/mol. The van der Waals surface area contributed by atoms with Crippen molar-refractivity contribution in [3.8, 4) is 0 Å². The molecule has 1 aliphatic rings. The van der Waals surface area contributed by atoms with Crippen LogP contribution in [0.4, 0.5) is 5.69 Å². The highest BCUT2D eigenvalue weighted by molar-refractivity contribution is 6.05.